The summed E-state index contributed by atoms with van der Waals surface area (Å²) in [6.07, 6.45) is -1.46. The molecule has 5 nitrogen and oxygen atoms in total. The molecule has 0 aliphatic carbocycles. The van der Waals surface area contributed by atoms with Crippen LogP contribution in [0, 0.1) is 0 Å². The predicted octanol–water partition coefficient (Wildman–Crippen LogP) is -0.407. The molecular weight excluding hydrogens is 234 g/mol. The molecule has 3 atom stereocenters. The van der Waals surface area contributed by atoms with Crippen molar-refractivity contribution >= 4 is 0 Å². The molecule has 0 bridgehead atoms. The average Bonchev–Trinajstić information content (AvgIpc) is 2.38. The van der Waals surface area contributed by atoms with E-state index in [1.54, 1.807) is 7.11 Å². The Hall–Kier alpha value is -1.14. The number of likely N-dealkylation sites (tertiary alicyclic amines) is 1. The van der Waals surface area contributed by atoms with Gasteiger partial charge in [-0.2, -0.15) is 0 Å². The van der Waals surface area contributed by atoms with Crippen LogP contribution >= 0.6 is 0 Å². The van der Waals surface area contributed by atoms with Crippen LogP contribution in [-0.2, 0) is 6.54 Å². The minimum absolute atomic E-state index is 0.333. The van der Waals surface area contributed by atoms with Crippen molar-refractivity contribution in [3.05, 3.63) is 29.8 Å². The molecule has 1 heterocycles. The molecule has 0 saturated carbocycles. The van der Waals surface area contributed by atoms with Crippen LogP contribution in [0.4, 0.5) is 0 Å². The average molecular weight is 253 g/mol. The van der Waals surface area contributed by atoms with Gasteiger partial charge in [-0.05, 0) is 17.7 Å². The minimum atomic E-state index is -0.896. The highest BCUT2D eigenvalue weighted by atomic mass is 16.5. The maximum atomic E-state index is 9.61. The van der Waals surface area contributed by atoms with Gasteiger partial charge in [0.1, 0.15) is 5.75 Å². The third-order valence-corrected chi connectivity index (χ3v) is 3.36. The summed E-state index contributed by atoms with van der Waals surface area (Å²) in [5.74, 6) is 0.800. The number of ether oxygens (including phenoxy) is 1. The minimum Gasteiger partial charge on any atom is -0.497 e. The van der Waals surface area contributed by atoms with Crippen molar-refractivity contribution < 1.29 is 20.1 Å². The molecule has 5 heteroatoms. The van der Waals surface area contributed by atoms with Crippen LogP contribution in [0.15, 0.2) is 24.3 Å². The van der Waals surface area contributed by atoms with E-state index in [4.69, 9.17) is 9.84 Å². The quantitative estimate of drug-likeness (QED) is 0.665. The van der Waals surface area contributed by atoms with Crippen molar-refractivity contribution in [2.75, 3.05) is 20.3 Å². The van der Waals surface area contributed by atoms with Gasteiger partial charge in [-0.3, -0.25) is 4.90 Å². The zero-order valence-electron chi connectivity index (χ0n) is 10.4. The van der Waals surface area contributed by atoms with E-state index in [1.165, 1.54) is 0 Å². The molecule has 18 heavy (non-hydrogen) atoms. The maximum Gasteiger partial charge on any atom is 0.118 e. The molecule has 1 aliphatic rings. The van der Waals surface area contributed by atoms with Gasteiger partial charge in [0.05, 0.1) is 32.0 Å². The first-order chi connectivity index (χ1) is 8.65. The number of aliphatic hydroxyl groups excluding tert-OH is 3. The Kier molecular flexibility index (Phi) is 4.19. The van der Waals surface area contributed by atoms with Crippen molar-refractivity contribution in [1.29, 1.82) is 0 Å². The number of nitrogens with zero attached hydrogens (tertiary/aromatic N) is 1. The molecule has 0 amide bonds. The van der Waals surface area contributed by atoms with E-state index >= 15 is 0 Å². The normalized spacial score (nSPS) is 25.6. The highest BCUT2D eigenvalue weighted by molar-refractivity contribution is 5.27. The largest absolute Gasteiger partial charge is 0.497 e. The summed E-state index contributed by atoms with van der Waals surface area (Å²) >= 11 is 0. The number of methoxy groups -OCH3 is 1. The summed E-state index contributed by atoms with van der Waals surface area (Å²) in [6, 6.07) is 7.28. The molecule has 1 fully saturated rings. The van der Waals surface area contributed by atoms with Crippen LogP contribution in [-0.4, -0.2) is 58.7 Å². The Balaban J connectivity index is 1.96. The lowest BCUT2D eigenvalue weighted by atomic mass is 9.93. The molecule has 0 radical (unpaired) electrons. The van der Waals surface area contributed by atoms with Crippen molar-refractivity contribution in [2.45, 2.75) is 24.8 Å². The lowest BCUT2D eigenvalue weighted by molar-refractivity contribution is -0.127. The van der Waals surface area contributed by atoms with E-state index in [1.807, 2.05) is 29.2 Å². The summed E-state index contributed by atoms with van der Waals surface area (Å²) in [5, 5.41) is 28.1. The van der Waals surface area contributed by atoms with Crippen molar-refractivity contribution in [3.63, 3.8) is 0 Å². The molecule has 2 rings (SSSR count). The van der Waals surface area contributed by atoms with Crippen molar-refractivity contribution in [2.24, 2.45) is 0 Å². The number of rotatable bonds is 5. The van der Waals surface area contributed by atoms with Crippen molar-refractivity contribution in [1.82, 2.24) is 4.90 Å². The molecule has 0 unspecified atom stereocenters. The number of hydrogen-bond donors (Lipinski definition) is 3. The fourth-order valence-corrected chi connectivity index (χ4v) is 2.32. The Morgan fingerprint density at radius 3 is 2.56 bits per heavy atom. The number of hydrogen-bond acceptors (Lipinski definition) is 5. The smallest absolute Gasteiger partial charge is 0.118 e. The molecule has 1 aromatic rings. The lowest BCUT2D eigenvalue weighted by Crippen LogP contribution is -2.65. The fourth-order valence-electron chi connectivity index (χ4n) is 2.32. The third-order valence-electron chi connectivity index (χ3n) is 3.36. The summed E-state index contributed by atoms with van der Waals surface area (Å²) in [7, 11) is 1.62. The van der Waals surface area contributed by atoms with E-state index in [0.717, 1.165) is 11.3 Å². The van der Waals surface area contributed by atoms with Gasteiger partial charge in [-0.1, -0.05) is 12.1 Å². The fraction of sp³-hybridized carbons (Fsp3) is 0.538. The first-order valence-electron chi connectivity index (χ1n) is 5.99. The first-order valence-corrected chi connectivity index (χ1v) is 5.99. The molecule has 1 saturated heterocycles. The van der Waals surface area contributed by atoms with Crippen LogP contribution in [0.3, 0.4) is 0 Å². The molecule has 3 N–H and O–H groups in total. The molecule has 0 aromatic heterocycles. The van der Waals surface area contributed by atoms with Gasteiger partial charge < -0.3 is 20.1 Å². The topological polar surface area (TPSA) is 73.2 Å². The Bertz CT molecular complexity index is 381. The zero-order chi connectivity index (χ0) is 13.1. The summed E-state index contributed by atoms with van der Waals surface area (Å²) in [5.41, 5.74) is 1.08. The van der Waals surface area contributed by atoms with Gasteiger partial charge in [-0.15, -0.1) is 0 Å². The second-order valence-electron chi connectivity index (χ2n) is 4.59. The number of β-amino-alcohol motifs (C(OH)–C–C–N with tert-alkyl or cyclic N) is 1. The zero-order valence-corrected chi connectivity index (χ0v) is 10.4. The van der Waals surface area contributed by atoms with Gasteiger partial charge >= 0.3 is 0 Å². The Labute approximate surface area is 106 Å². The van der Waals surface area contributed by atoms with E-state index in [-0.39, 0.29) is 12.6 Å². The van der Waals surface area contributed by atoms with Gasteiger partial charge in [-0.25, -0.2) is 0 Å². The maximum absolute atomic E-state index is 9.61. The highest BCUT2D eigenvalue weighted by Gasteiger charge is 2.41. The van der Waals surface area contributed by atoms with Crippen LogP contribution in [0.2, 0.25) is 0 Å². The summed E-state index contributed by atoms with van der Waals surface area (Å²) in [4.78, 5) is 1.95. The van der Waals surface area contributed by atoms with Gasteiger partial charge in [0.2, 0.25) is 0 Å². The van der Waals surface area contributed by atoms with Crippen molar-refractivity contribution in [3.8, 4) is 5.75 Å². The first kappa shape index (κ1) is 13.3. The van der Waals surface area contributed by atoms with E-state index in [2.05, 4.69) is 0 Å². The lowest BCUT2D eigenvalue weighted by Gasteiger charge is -2.47. The van der Waals surface area contributed by atoms with Crippen LogP contribution in [0.5, 0.6) is 5.75 Å². The van der Waals surface area contributed by atoms with Gasteiger partial charge in [0.15, 0.2) is 0 Å². The van der Waals surface area contributed by atoms with Crippen LogP contribution in [0.25, 0.3) is 0 Å². The highest BCUT2D eigenvalue weighted by Crippen LogP contribution is 2.24. The van der Waals surface area contributed by atoms with Gasteiger partial charge in [0.25, 0.3) is 0 Å². The third kappa shape index (κ3) is 2.64. The van der Waals surface area contributed by atoms with Crippen LogP contribution < -0.4 is 4.74 Å². The predicted molar refractivity (Wildman–Crippen MR) is 66.3 cm³/mol. The Morgan fingerprint density at radius 1 is 1.39 bits per heavy atom. The van der Waals surface area contributed by atoms with Gasteiger partial charge in [0, 0.05) is 13.1 Å². The van der Waals surface area contributed by atoms with E-state index in [0.29, 0.717) is 13.1 Å². The standard InChI is InChI=1S/C13H19NO4/c1-18-10-4-2-9(3-5-10)6-14-7-11(16)13(14)12(17)8-15/h2-5,11-13,15-17H,6-8H2,1H3/t11-,12-,13+/m1/s1. The van der Waals surface area contributed by atoms with E-state index in [9.17, 15) is 10.2 Å². The van der Waals surface area contributed by atoms with E-state index < -0.39 is 12.2 Å². The number of aliphatic hydroxyl groups is 3. The molecule has 1 aliphatic heterocycles. The molecular formula is C13H19NO4. The second kappa shape index (κ2) is 5.67. The SMILES string of the molecule is COc1ccc(CN2C[C@@H](O)[C@H]2[C@H](O)CO)cc1. The molecule has 1 aromatic carbocycles. The summed E-state index contributed by atoms with van der Waals surface area (Å²) in [6.45, 7) is 0.831. The monoisotopic (exact) mass is 253 g/mol. The molecule has 100 valence electrons. The Morgan fingerprint density at radius 2 is 2.06 bits per heavy atom. The second-order valence-corrected chi connectivity index (χ2v) is 4.59. The molecule has 0 spiro atoms. The number of benzene rings is 1. The van der Waals surface area contributed by atoms with Crippen LogP contribution in [0.1, 0.15) is 5.56 Å². The summed E-state index contributed by atoms with van der Waals surface area (Å²) < 4.78 is 5.08.